The van der Waals surface area contributed by atoms with E-state index in [4.69, 9.17) is 0 Å². The number of benzene rings is 2. The highest BCUT2D eigenvalue weighted by atomic mass is 32.1. The minimum Gasteiger partial charge on any atom is -0.349 e. The fraction of sp³-hybridized carbons (Fsp3) is 0.158. The minimum atomic E-state index is -0.293. The number of nitrogens with one attached hydrogen (secondary N) is 1. The zero-order valence-electron chi connectivity index (χ0n) is 13.2. The van der Waals surface area contributed by atoms with E-state index >= 15 is 0 Å². The third-order valence-electron chi connectivity index (χ3n) is 3.64. The minimum absolute atomic E-state index is 0.0555. The lowest BCUT2D eigenvalue weighted by atomic mass is 10.1. The molecule has 2 aromatic carbocycles. The highest BCUT2D eigenvalue weighted by Gasteiger charge is 2.12. The van der Waals surface area contributed by atoms with E-state index in [0.29, 0.717) is 10.7 Å². The Labute approximate surface area is 144 Å². The van der Waals surface area contributed by atoms with E-state index in [2.05, 4.69) is 10.3 Å². The summed E-state index contributed by atoms with van der Waals surface area (Å²) in [7, 11) is 0. The zero-order valence-corrected chi connectivity index (χ0v) is 14.0. The van der Waals surface area contributed by atoms with Crippen molar-refractivity contribution in [3.05, 3.63) is 77.1 Å². The summed E-state index contributed by atoms with van der Waals surface area (Å²) in [6, 6.07) is 16.1. The Hall–Kier alpha value is -2.53. The first-order valence-corrected chi connectivity index (χ1v) is 8.54. The van der Waals surface area contributed by atoms with Gasteiger partial charge in [-0.3, -0.25) is 4.79 Å². The summed E-state index contributed by atoms with van der Waals surface area (Å²) in [5, 5.41) is 5.52. The normalized spacial score (nSPS) is 11.9. The van der Waals surface area contributed by atoms with Gasteiger partial charge in [0.05, 0.1) is 18.2 Å². The van der Waals surface area contributed by atoms with Gasteiger partial charge in [0.1, 0.15) is 10.8 Å². The van der Waals surface area contributed by atoms with Crippen molar-refractivity contribution in [2.75, 3.05) is 0 Å². The van der Waals surface area contributed by atoms with Gasteiger partial charge in [-0.2, -0.15) is 0 Å². The van der Waals surface area contributed by atoms with Crippen LogP contribution in [0, 0.1) is 5.82 Å². The van der Waals surface area contributed by atoms with Gasteiger partial charge in [-0.05, 0) is 24.6 Å². The van der Waals surface area contributed by atoms with Crippen molar-refractivity contribution in [2.45, 2.75) is 19.4 Å². The van der Waals surface area contributed by atoms with Crippen LogP contribution in [0.3, 0.4) is 0 Å². The van der Waals surface area contributed by atoms with Crippen LogP contribution in [-0.2, 0) is 11.2 Å². The molecule has 0 radical (unpaired) electrons. The van der Waals surface area contributed by atoms with Crippen LogP contribution in [0.1, 0.15) is 24.2 Å². The van der Waals surface area contributed by atoms with Gasteiger partial charge in [0.2, 0.25) is 5.91 Å². The van der Waals surface area contributed by atoms with E-state index in [0.717, 1.165) is 11.1 Å². The number of carbonyl (C=O) groups is 1. The maximum absolute atomic E-state index is 13.3. The lowest BCUT2D eigenvalue weighted by Crippen LogP contribution is -2.28. The van der Waals surface area contributed by atoms with E-state index in [-0.39, 0.29) is 24.2 Å². The van der Waals surface area contributed by atoms with Gasteiger partial charge < -0.3 is 5.32 Å². The van der Waals surface area contributed by atoms with Crippen molar-refractivity contribution in [3.8, 4) is 10.6 Å². The molecular weight excluding hydrogens is 323 g/mol. The third kappa shape index (κ3) is 4.06. The van der Waals surface area contributed by atoms with Crippen LogP contribution in [0.15, 0.2) is 60.0 Å². The number of thiazole rings is 1. The summed E-state index contributed by atoms with van der Waals surface area (Å²) in [4.78, 5) is 16.6. The topological polar surface area (TPSA) is 42.0 Å². The van der Waals surface area contributed by atoms with Gasteiger partial charge in [0.15, 0.2) is 0 Å². The number of rotatable bonds is 5. The first kappa shape index (κ1) is 16.3. The van der Waals surface area contributed by atoms with Crippen molar-refractivity contribution in [3.63, 3.8) is 0 Å². The number of halogens is 1. The van der Waals surface area contributed by atoms with Gasteiger partial charge in [-0.1, -0.05) is 42.5 Å². The van der Waals surface area contributed by atoms with Crippen molar-refractivity contribution >= 4 is 17.2 Å². The van der Waals surface area contributed by atoms with Crippen LogP contribution in [0.2, 0.25) is 0 Å². The summed E-state index contributed by atoms with van der Waals surface area (Å²) in [6.07, 6.45) is 0.211. The first-order valence-electron chi connectivity index (χ1n) is 7.66. The number of hydrogen-bond donors (Lipinski definition) is 1. The lowest BCUT2D eigenvalue weighted by Gasteiger charge is -2.13. The maximum atomic E-state index is 13.3. The molecule has 1 N–H and O–H groups in total. The smallest absolute Gasteiger partial charge is 0.226 e. The first-order chi connectivity index (χ1) is 11.6. The summed E-state index contributed by atoms with van der Waals surface area (Å²) in [6.45, 7) is 1.95. The molecule has 0 bridgehead atoms. The molecule has 1 aromatic heterocycles. The largest absolute Gasteiger partial charge is 0.349 e. The van der Waals surface area contributed by atoms with Crippen LogP contribution in [0.4, 0.5) is 4.39 Å². The molecule has 3 rings (SSSR count). The Morgan fingerprint density at radius 3 is 2.75 bits per heavy atom. The zero-order chi connectivity index (χ0) is 16.9. The summed E-state index contributed by atoms with van der Waals surface area (Å²) in [5.41, 5.74) is 2.48. The highest BCUT2D eigenvalue weighted by Crippen LogP contribution is 2.24. The molecule has 24 heavy (non-hydrogen) atoms. The molecule has 0 aliphatic rings. The second-order valence-electron chi connectivity index (χ2n) is 5.53. The summed E-state index contributed by atoms with van der Waals surface area (Å²) < 4.78 is 13.3. The standard InChI is InChI=1S/C19H17FN2OS/c1-13(14-6-3-2-4-7-14)21-18(23)11-17-12-24-19(22-17)15-8-5-9-16(20)10-15/h2-10,12-13H,11H2,1H3,(H,21,23)/t13-/m1/s1. The second kappa shape index (κ2) is 7.36. The molecule has 0 saturated carbocycles. The van der Waals surface area contributed by atoms with Gasteiger partial charge >= 0.3 is 0 Å². The molecule has 3 aromatic rings. The SMILES string of the molecule is C[C@@H](NC(=O)Cc1csc(-c2cccc(F)c2)n1)c1ccccc1. The van der Waals surface area contributed by atoms with E-state index in [1.54, 1.807) is 6.07 Å². The van der Waals surface area contributed by atoms with E-state index in [1.165, 1.54) is 23.5 Å². The number of carbonyl (C=O) groups excluding carboxylic acids is 1. The quantitative estimate of drug-likeness (QED) is 0.749. The fourth-order valence-corrected chi connectivity index (χ4v) is 3.24. The van der Waals surface area contributed by atoms with Gasteiger partial charge in [-0.25, -0.2) is 9.37 Å². The predicted octanol–water partition coefficient (Wildman–Crippen LogP) is 4.37. The van der Waals surface area contributed by atoms with Crippen LogP contribution in [0.25, 0.3) is 10.6 Å². The molecule has 0 aliphatic heterocycles. The van der Waals surface area contributed by atoms with Crippen molar-refractivity contribution < 1.29 is 9.18 Å². The third-order valence-corrected chi connectivity index (χ3v) is 4.58. The van der Waals surface area contributed by atoms with E-state index in [9.17, 15) is 9.18 Å². The molecule has 1 atom stereocenters. The van der Waals surface area contributed by atoms with Crippen LogP contribution in [0.5, 0.6) is 0 Å². The predicted molar refractivity (Wildman–Crippen MR) is 94.2 cm³/mol. The molecule has 5 heteroatoms. The van der Waals surface area contributed by atoms with E-state index in [1.807, 2.05) is 48.7 Å². The van der Waals surface area contributed by atoms with Gasteiger partial charge in [0.25, 0.3) is 0 Å². The molecular formula is C19H17FN2OS. The number of aromatic nitrogens is 1. The van der Waals surface area contributed by atoms with Crippen LogP contribution >= 0.6 is 11.3 Å². The number of nitrogens with zero attached hydrogens (tertiary/aromatic N) is 1. The average Bonchev–Trinajstić information content (AvgIpc) is 3.04. The Morgan fingerprint density at radius 2 is 2.00 bits per heavy atom. The Kier molecular flexibility index (Phi) is 5.01. The van der Waals surface area contributed by atoms with Crippen molar-refractivity contribution in [2.24, 2.45) is 0 Å². The number of amides is 1. The maximum Gasteiger partial charge on any atom is 0.226 e. The molecule has 1 heterocycles. The van der Waals surface area contributed by atoms with Crippen molar-refractivity contribution in [1.82, 2.24) is 10.3 Å². The lowest BCUT2D eigenvalue weighted by molar-refractivity contribution is -0.121. The van der Waals surface area contributed by atoms with Gasteiger partial charge in [-0.15, -0.1) is 11.3 Å². The van der Waals surface area contributed by atoms with Crippen molar-refractivity contribution in [1.29, 1.82) is 0 Å². The molecule has 0 saturated heterocycles. The molecule has 0 unspecified atom stereocenters. The number of hydrogen-bond acceptors (Lipinski definition) is 3. The Balaban J connectivity index is 1.63. The van der Waals surface area contributed by atoms with Crippen LogP contribution < -0.4 is 5.32 Å². The highest BCUT2D eigenvalue weighted by molar-refractivity contribution is 7.13. The Morgan fingerprint density at radius 1 is 1.21 bits per heavy atom. The molecule has 0 aliphatic carbocycles. The Bertz CT molecular complexity index is 832. The summed E-state index contributed by atoms with van der Waals surface area (Å²) >= 11 is 1.41. The summed E-state index contributed by atoms with van der Waals surface area (Å²) in [5.74, 6) is -0.374. The molecule has 0 spiro atoms. The molecule has 122 valence electrons. The van der Waals surface area contributed by atoms with Gasteiger partial charge in [0, 0.05) is 10.9 Å². The fourth-order valence-electron chi connectivity index (χ4n) is 2.42. The molecule has 1 amide bonds. The molecule has 3 nitrogen and oxygen atoms in total. The van der Waals surface area contributed by atoms with Crippen LogP contribution in [-0.4, -0.2) is 10.9 Å². The van der Waals surface area contributed by atoms with E-state index < -0.39 is 0 Å². The molecule has 0 fully saturated rings. The average molecular weight is 340 g/mol. The second-order valence-corrected chi connectivity index (χ2v) is 6.39. The monoisotopic (exact) mass is 340 g/mol.